The van der Waals surface area contributed by atoms with Crippen molar-refractivity contribution in [2.45, 2.75) is 25.6 Å². The van der Waals surface area contributed by atoms with Gasteiger partial charge < -0.3 is 9.64 Å². The lowest BCUT2D eigenvalue weighted by Crippen LogP contribution is -2.14. The molecule has 112 valence electrons. The fourth-order valence-corrected chi connectivity index (χ4v) is 2.22. The number of nitrogens with zero attached hydrogens (tertiary/aromatic N) is 3. The van der Waals surface area contributed by atoms with E-state index in [2.05, 4.69) is 23.8 Å². The average Bonchev–Trinajstić information content (AvgIpc) is 2.53. The Bertz CT molecular complexity index is 599. The molecular weight excluding hydrogens is 286 g/mol. The molecule has 0 aliphatic heterocycles. The van der Waals surface area contributed by atoms with Crippen molar-refractivity contribution < 1.29 is 4.74 Å². The lowest BCUT2D eigenvalue weighted by atomic mass is 10.2. The van der Waals surface area contributed by atoms with Crippen molar-refractivity contribution in [3.8, 4) is 5.75 Å². The molecule has 1 aromatic carbocycles. The van der Waals surface area contributed by atoms with Crippen LogP contribution in [-0.4, -0.2) is 24.1 Å². The molecule has 0 amide bonds. The van der Waals surface area contributed by atoms with E-state index < -0.39 is 0 Å². The second kappa shape index (κ2) is 6.76. The first kappa shape index (κ1) is 15.6. The van der Waals surface area contributed by atoms with Gasteiger partial charge in [-0.15, -0.1) is 11.6 Å². The molecule has 0 spiro atoms. The summed E-state index contributed by atoms with van der Waals surface area (Å²) in [7, 11) is 3.63. The maximum atomic E-state index is 6.05. The minimum absolute atomic E-state index is 0.285. The zero-order chi connectivity index (χ0) is 15.4. The van der Waals surface area contributed by atoms with Crippen LogP contribution in [-0.2, 0) is 5.88 Å². The zero-order valence-corrected chi connectivity index (χ0v) is 13.6. The van der Waals surface area contributed by atoms with Crippen molar-refractivity contribution in [3.05, 3.63) is 42.0 Å². The molecule has 1 heterocycles. The minimum atomic E-state index is 0.285. The van der Waals surface area contributed by atoms with Crippen LogP contribution >= 0.6 is 11.6 Å². The highest BCUT2D eigenvalue weighted by Gasteiger charge is 2.13. The molecule has 0 atom stereocenters. The van der Waals surface area contributed by atoms with E-state index >= 15 is 0 Å². The van der Waals surface area contributed by atoms with Crippen molar-refractivity contribution in [2.75, 3.05) is 19.1 Å². The van der Waals surface area contributed by atoms with Gasteiger partial charge in [0.1, 0.15) is 11.6 Å². The van der Waals surface area contributed by atoms with E-state index in [0.29, 0.717) is 5.88 Å². The fraction of sp³-hybridized carbons (Fsp3) is 0.375. The summed E-state index contributed by atoms with van der Waals surface area (Å²) in [5.41, 5.74) is 2.79. The summed E-state index contributed by atoms with van der Waals surface area (Å²) in [5.74, 6) is 2.29. The van der Waals surface area contributed by atoms with Gasteiger partial charge in [-0.3, -0.25) is 0 Å². The summed E-state index contributed by atoms with van der Waals surface area (Å²) < 4.78 is 5.18. The van der Waals surface area contributed by atoms with Crippen LogP contribution in [0, 0.1) is 0 Å². The topological polar surface area (TPSA) is 38.2 Å². The number of hydrogen-bond donors (Lipinski definition) is 0. The second-order valence-corrected chi connectivity index (χ2v) is 5.37. The Balaban J connectivity index is 2.35. The van der Waals surface area contributed by atoms with Gasteiger partial charge in [0, 0.05) is 18.7 Å². The maximum Gasteiger partial charge on any atom is 0.131 e. The number of methoxy groups -OCH3 is 1. The molecule has 0 fully saturated rings. The lowest BCUT2D eigenvalue weighted by molar-refractivity contribution is 0.415. The largest absolute Gasteiger partial charge is 0.497 e. The van der Waals surface area contributed by atoms with Crippen molar-refractivity contribution in [1.29, 1.82) is 0 Å². The summed E-state index contributed by atoms with van der Waals surface area (Å²) in [6.07, 6.45) is 1.84. The van der Waals surface area contributed by atoms with Gasteiger partial charge in [0.15, 0.2) is 0 Å². The van der Waals surface area contributed by atoms with Crippen LogP contribution in [0.3, 0.4) is 0 Å². The van der Waals surface area contributed by atoms with Gasteiger partial charge in [-0.05, 0) is 24.3 Å². The average molecular weight is 306 g/mol. The Kier molecular flexibility index (Phi) is 5.02. The Morgan fingerprint density at radius 2 is 1.90 bits per heavy atom. The fourth-order valence-electron chi connectivity index (χ4n) is 2.03. The summed E-state index contributed by atoms with van der Waals surface area (Å²) in [6.45, 7) is 4.14. The van der Waals surface area contributed by atoms with Crippen LogP contribution in [0.1, 0.15) is 31.3 Å². The molecule has 2 aromatic rings. The summed E-state index contributed by atoms with van der Waals surface area (Å²) in [5, 5.41) is 0. The van der Waals surface area contributed by atoms with Crippen LogP contribution in [0.5, 0.6) is 5.75 Å². The molecule has 0 saturated heterocycles. The van der Waals surface area contributed by atoms with Crippen molar-refractivity contribution >= 4 is 23.0 Å². The van der Waals surface area contributed by atoms with Gasteiger partial charge in [-0.2, -0.15) is 0 Å². The molecule has 0 radical (unpaired) electrons. The standard InChI is InChI=1S/C16H20ClN3O/c1-11(2)16-18-10-15(14(9-17)19-16)20(3)12-5-7-13(21-4)8-6-12/h5-8,10-11H,9H2,1-4H3. The molecule has 0 unspecified atom stereocenters. The smallest absolute Gasteiger partial charge is 0.131 e. The van der Waals surface area contributed by atoms with Gasteiger partial charge >= 0.3 is 0 Å². The van der Waals surface area contributed by atoms with Gasteiger partial charge in [0.05, 0.1) is 30.6 Å². The molecule has 0 aliphatic rings. The predicted octanol–water partition coefficient (Wildman–Crippen LogP) is 4.12. The first-order valence-corrected chi connectivity index (χ1v) is 7.39. The molecule has 2 rings (SSSR count). The molecule has 5 heteroatoms. The van der Waals surface area contributed by atoms with Crippen LogP contribution < -0.4 is 9.64 Å². The molecular formula is C16H20ClN3O. The van der Waals surface area contributed by atoms with E-state index in [9.17, 15) is 0 Å². The Morgan fingerprint density at radius 3 is 2.43 bits per heavy atom. The summed E-state index contributed by atoms with van der Waals surface area (Å²) in [4.78, 5) is 11.0. The normalized spacial score (nSPS) is 10.8. The molecule has 1 aromatic heterocycles. The number of halogens is 1. The predicted molar refractivity (Wildman–Crippen MR) is 86.7 cm³/mol. The van der Waals surface area contributed by atoms with Crippen molar-refractivity contribution in [1.82, 2.24) is 9.97 Å². The number of aromatic nitrogens is 2. The number of hydrogen-bond acceptors (Lipinski definition) is 4. The molecule has 0 aliphatic carbocycles. The first-order valence-electron chi connectivity index (χ1n) is 6.86. The van der Waals surface area contributed by atoms with E-state index in [1.165, 1.54) is 0 Å². The molecule has 0 saturated carbocycles. The number of anilines is 2. The molecule has 4 nitrogen and oxygen atoms in total. The number of rotatable bonds is 5. The van der Waals surface area contributed by atoms with E-state index in [1.807, 2.05) is 42.4 Å². The van der Waals surface area contributed by atoms with E-state index in [1.54, 1.807) is 7.11 Å². The Hall–Kier alpha value is -1.81. The Labute approximate surface area is 130 Å². The third-order valence-electron chi connectivity index (χ3n) is 3.33. The molecule has 21 heavy (non-hydrogen) atoms. The zero-order valence-electron chi connectivity index (χ0n) is 12.8. The van der Waals surface area contributed by atoms with E-state index in [4.69, 9.17) is 16.3 Å². The summed E-state index contributed by atoms with van der Waals surface area (Å²) >= 11 is 6.05. The highest BCUT2D eigenvalue weighted by atomic mass is 35.5. The lowest BCUT2D eigenvalue weighted by Gasteiger charge is -2.22. The third-order valence-corrected chi connectivity index (χ3v) is 3.58. The van der Waals surface area contributed by atoms with Gasteiger partial charge in [0.25, 0.3) is 0 Å². The minimum Gasteiger partial charge on any atom is -0.497 e. The monoisotopic (exact) mass is 305 g/mol. The first-order chi connectivity index (χ1) is 10.1. The number of alkyl halides is 1. The van der Waals surface area contributed by atoms with Gasteiger partial charge in [0.2, 0.25) is 0 Å². The molecule has 0 bridgehead atoms. The highest BCUT2D eigenvalue weighted by molar-refractivity contribution is 6.17. The van der Waals surface area contributed by atoms with E-state index in [-0.39, 0.29) is 5.92 Å². The maximum absolute atomic E-state index is 6.05. The number of ether oxygens (including phenoxy) is 1. The van der Waals surface area contributed by atoms with Crippen LogP contribution in [0.25, 0.3) is 0 Å². The van der Waals surface area contributed by atoms with E-state index in [0.717, 1.165) is 28.6 Å². The second-order valence-electron chi connectivity index (χ2n) is 5.11. The van der Waals surface area contributed by atoms with Crippen LogP contribution in [0.15, 0.2) is 30.5 Å². The SMILES string of the molecule is COc1ccc(N(C)c2cnc(C(C)C)nc2CCl)cc1. The molecule has 0 N–H and O–H groups in total. The van der Waals surface area contributed by atoms with Crippen molar-refractivity contribution in [3.63, 3.8) is 0 Å². The highest BCUT2D eigenvalue weighted by Crippen LogP contribution is 2.28. The van der Waals surface area contributed by atoms with Gasteiger partial charge in [-0.1, -0.05) is 13.8 Å². The van der Waals surface area contributed by atoms with Crippen LogP contribution in [0.2, 0.25) is 0 Å². The third kappa shape index (κ3) is 3.45. The number of benzene rings is 1. The van der Waals surface area contributed by atoms with Crippen LogP contribution in [0.4, 0.5) is 11.4 Å². The summed E-state index contributed by atoms with van der Waals surface area (Å²) in [6, 6.07) is 7.84. The van der Waals surface area contributed by atoms with Gasteiger partial charge in [-0.25, -0.2) is 9.97 Å². The van der Waals surface area contributed by atoms with Crippen molar-refractivity contribution in [2.24, 2.45) is 0 Å². The Morgan fingerprint density at radius 1 is 1.24 bits per heavy atom. The quantitative estimate of drug-likeness (QED) is 0.779.